The number of likely N-dealkylation sites (N-methyl/N-ethyl adjacent to an activating group) is 1. The number of carbonyl (C=O) groups excluding carboxylic acids is 2. The van der Waals surface area contributed by atoms with Gasteiger partial charge in [0, 0.05) is 54.8 Å². The number of benzene rings is 1. The third kappa shape index (κ3) is 3.35. The van der Waals surface area contributed by atoms with Crippen LogP contribution in [0.5, 0.6) is 0 Å². The Labute approximate surface area is 164 Å². The molecule has 4 rings (SSSR count). The van der Waals surface area contributed by atoms with E-state index in [1.807, 2.05) is 0 Å². The predicted molar refractivity (Wildman–Crippen MR) is 99.3 cm³/mol. The fourth-order valence-electron chi connectivity index (χ4n) is 3.49. The van der Waals surface area contributed by atoms with Crippen LogP contribution in [-0.2, 0) is 13.0 Å². The minimum Gasteiger partial charge on any atom is -0.395 e. The van der Waals surface area contributed by atoms with E-state index in [-0.39, 0.29) is 42.9 Å². The lowest BCUT2D eigenvalue weighted by molar-refractivity contribution is 0.0714. The Morgan fingerprint density at radius 1 is 1.28 bits per heavy atom. The number of amides is 2. The number of nitrogens with zero attached hydrogens (tertiary/aromatic N) is 3. The maximum absolute atomic E-state index is 13.4. The topological polar surface area (TPSA) is 105 Å². The minimum absolute atomic E-state index is 0.166. The fourth-order valence-corrected chi connectivity index (χ4v) is 3.49. The summed E-state index contributed by atoms with van der Waals surface area (Å²) in [5, 5.41) is 16.4. The first kappa shape index (κ1) is 19.1. The molecule has 3 heterocycles. The van der Waals surface area contributed by atoms with Crippen LogP contribution in [0.2, 0.25) is 0 Å². The van der Waals surface area contributed by atoms with Crippen molar-refractivity contribution in [3.63, 3.8) is 0 Å². The number of aliphatic hydroxyl groups excluding tert-OH is 1. The van der Waals surface area contributed by atoms with Gasteiger partial charge in [-0.25, -0.2) is 8.78 Å². The molecular weight excluding hydrogens is 384 g/mol. The molecule has 2 aromatic heterocycles. The van der Waals surface area contributed by atoms with Crippen LogP contribution < -0.4 is 0 Å². The van der Waals surface area contributed by atoms with E-state index in [0.717, 1.165) is 17.8 Å². The van der Waals surface area contributed by atoms with Gasteiger partial charge in [0.2, 0.25) is 0 Å². The SMILES string of the molecule is CN(CCO)C(=O)c1n[nH]c2c1CN(C(=O)c1cc3cc(F)c(F)cc3[nH]1)CC2. The Morgan fingerprint density at radius 2 is 2.03 bits per heavy atom. The second-order valence-corrected chi connectivity index (χ2v) is 6.99. The van der Waals surface area contributed by atoms with E-state index in [4.69, 9.17) is 5.11 Å². The number of aliphatic hydroxyl groups is 1. The van der Waals surface area contributed by atoms with Gasteiger partial charge in [0.25, 0.3) is 11.8 Å². The molecule has 152 valence electrons. The Morgan fingerprint density at radius 3 is 2.79 bits per heavy atom. The second-order valence-electron chi connectivity index (χ2n) is 6.99. The van der Waals surface area contributed by atoms with E-state index >= 15 is 0 Å². The highest BCUT2D eigenvalue weighted by atomic mass is 19.2. The van der Waals surface area contributed by atoms with Crippen molar-refractivity contribution < 1.29 is 23.5 Å². The summed E-state index contributed by atoms with van der Waals surface area (Å²) in [5.74, 6) is -2.65. The smallest absolute Gasteiger partial charge is 0.274 e. The Balaban J connectivity index is 1.59. The molecule has 0 unspecified atom stereocenters. The summed E-state index contributed by atoms with van der Waals surface area (Å²) in [5.41, 5.74) is 2.18. The molecule has 3 N–H and O–H groups in total. The van der Waals surface area contributed by atoms with E-state index in [1.165, 1.54) is 11.0 Å². The largest absolute Gasteiger partial charge is 0.395 e. The number of hydrogen-bond donors (Lipinski definition) is 3. The van der Waals surface area contributed by atoms with Gasteiger partial charge in [0.05, 0.1) is 13.2 Å². The minimum atomic E-state index is -0.991. The molecule has 8 nitrogen and oxygen atoms in total. The second kappa shape index (κ2) is 7.28. The monoisotopic (exact) mass is 403 g/mol. The van der Waals surface area contributed by atoms with Crippen LogP contribution in [0.4, 0.5) is 8.78 Å². The van der Waals surface area contributed by atoms with Gasteiger partial charge in [-0.2, -0.15) is 5.10 Å². The van der Waals surface area contributed by atoms with Crippen molar-refractivity contribution in [1.82, 2.24) is 25.0 Å². The average Bonchev–Trinajstić information content (AvgIpc) is 3.30. The highest BCUT2D eigenvalue weighted by Gasteiger charge is 2.30. The van der Waals surface area contributed by atoms with Gasteiger partial charge in [0.15, 0.2) is 17.3 Å². The van der Waals surface area contributed by atoms with Crippen LogP contribution in [0.3, 0.4) is 0 Å². The molecule has 0 atom stereocenters. The highest BCUT2D eigenvalue weighted by molar-refractivity contribution is 5.98. The number of H-pyrrole nitrogens is 2. The molecule has 2 amide bonds. The summed E-state index contributed by atoms with van der Waals surface area (Å²) in [7, 11) is 1.56. The lowest BCUT2D eigenvalue weighted by Crippen LogP contribution is -2.37. The van der Waals surface area contributed by atoms with E-state index in [0.29, 0.717) is 29.4 Å². The summed E-state index contributed by atoms with van der Waals surface area (Å²) >= 11 is 0. The quantitative estimate of drug-likeness (QED) is 0.613. The molecule has 1 aliphatic heterocycles. The van der Waals surface area contributed by atoms with E-state index in [1.54, 1.807) is 11.9 Å². The molecule has 0 saturated heterocycles. The molecule has 1 aliphatic rings. The maximum atomic E-state index is 13.4. The maximum Gasteiger partial charge on any atom is 0.274 e. The Hall–Kier alpha value is -3.27. The average molecular weight is 403 g/mol. The predicted octanol–water partition coefficient (Wildman–Crippen LogP) is 1.43. The van der Waals surface area contributed by atoms with Gasteiger partial charge in [-0.15, -0.1) is 0 Å². The molecule has 0 radical (unpaired) electrons. The number of carbonyl (C=O) groups is 2. The zero-order valence-electron chi connectivity index (χ0n) is 15.6. The van der Waals surface area contributed by atoms with Crippen LogP contribution in [-0.4, -0.2) is 68.6 Å². The molecule has 1 aromatic carbocycles. The highest BCUT2D eigenvalue weighted by Crippen LogP contribution is 2.25. The van der Waals surface area contributed by atoms with Crippen LogP contribution >= 0.6 is 0 Å². The van der Waals surface area contributed by atoms with Crippen LogP contribution in [0.15, 0.2) is 18.2 Å². The summed E-state index contributed by atoms with van der Waals surface area (Å²) < 4.78 is 26.9. The number of nitrogens with one attached hydrogen (secondary N) is 2. The lowest BCUT2D eigenvalue weighted by atomic mass is 10.0. The van der Waals surface area contributed by atoms with Gasteiger partial charge in [-0.1, -0.05) is 0 Å². The molecule has 0 spiro atoms. The molecule has 29 heavy (non-hydrogen) atoms. The third-order valence-electron chi connectivity index (χ3n) is 5.10. The third-order valence-corrected chi connectivity index (χ3v) is 5.10. The number of aromatic amines is 2. The molecule has 0 bridgehead atoms. The van der Waals surface area contributed by atoms with Crippen LogP contribution in [0.1, 0.15) is 32.2 Å². The Bertz CT molecular complexity index is 1070. The van der Waals surface area contributed by atoms with Crippen molar-refractivity contribution in [1.29, 1.82) is 0 Å². The van der Waals surface area contributed by atoms with Crippen molar-refractivity contribution in [3.8, 4) is 0 Å². The van der Waals surface area contributed by atoms with E-state index in [2.05, 4.69) is 15.2 Å². The molecule has 0 saturated carbocycles. The van der Waals surface area contributed by atoms with Crippen molar-refractivity contribution in [3.05, 3.63) is 52.5 Å². The van der Waals surface area contributed by atoms with E-state index in [9.17, 15) is 18.4 Å². The van der Waals surface area contributed by atoms with Crippen molar-refractivity contribution in [2.24, 2.45) is 0 Å². The number of aromatic nitrogens is 3. The molecular formula is C19H19F2N5O3. The van der Waals surface area contributed by atoms with Crippen molar-refractivity contribution in [2.75, 3.05) is 26.7 Å². The van der Waals surface area contributed by atoms with E-state index < -0.39 is 11.6 Å². The summed E-state index contributed by atoms with van der Waals surface area (Å²) in [6.45, 7) is 0.593. The normalized spacial score (nSPS) is 13.6. The summed E-state index contributed by atoms with van der Waals surface area (Å²) in [4.78, 5) is 31.2. The molecule has 3 aromatic rings. The first-order chi connectivity index (χ1) is 13.9. The standard InChI is InChI=1S/C19H19F2N5O3/c1-25(4-5-27)19(29)17-11-9-26(3-2-14(11)23-24-17)18(28)16-7-10-6-12(20)13(21)8-15(10)22-16/h6-8,22,27H,2-5,9H2,1H3,(H,23,24). The summed E-state index contributed by atoms with van der Waals surface area (Å²) in [6.07, 6.45) is 0.495. The number of rotatable bonds is 4. The van der Waals surface area contributed by atoms with Crippen LogP contribution in [0.25, 0.3) is 10.9 Å². The zero-order chi connectivity index (χ0) is 20.7. The molecule has 0 aliphatic carbocycles. The number of fused-ring (bicyclic) bond motifs is 2. The van der Waals surface area contributed by atoms with Crippen molar-refractivity contribution in [2.45, 2.75) is 13.0 Å². The molecule has 0 fully saturated rings. The van der Waals surface area contributed by atoms with Gasteiger partial charge in [-0.05, 0) is 12.1 Å². The number of hydrogen-bond acceptors (Lipinski definition) is 4. The lowest BCUT2D eigenvalue weighted by Gasteiger charge is -2.27. The first-order valence-corrected chi connectivity index (χ1v) is 9.08. The van der Waals surface area contributed by atoms with Gasteiger partial charge >= 0.3 is 0 Å². The number of halogens is 2. The fraction of sp³-hybridized carbons (Fsp3) is 0.316. The Kier molecular flexibility index (Phi) is 4.79. The molecule has 10 heteroatoms. The zero-order valence-corrected chi connectivity index (χ0v) is 15.6. The van der Waals surface area contributed by atoms with Crippen LogP contribution in [0, 0.1) is 11.6 Å². The van der Waals surface area contributed by atoms with Gasteiger partial charge in [-0.3, -0.25) is 14.7 Å². The van der Waals surface area contributed by atoms with Gasteiger partial charge < -0.3 is 19.9 Å². The summed E-state index contributed by atoms with van der Waals surface area (Å²) in [6, 6.07) is 3.53. The van der Waals surface area contributed by atoms with Gasteiger partial charge in [0.1, 0.15) is 5.69 Å². The van der Waals surface area contributed by atoms with Crippen molar-refractivity contribution >= 4 is 22.7 Å². The first-order valence-electron chi connectivity index (χ1n) is 9.08.